The molecule has 0 amide bonds. The average Bonchev–Trinajstić information content (AvgIpc) is 3.13. The standard InChI is InChI=1S/C16H23ClN2O/c17-14-3-6-16(13(11-14)12-18-15-4-5-15)20-10-9-19-7-1-2-8-19/h3,6,11,15,18H,1-2,4-5,7-10,12H2. The first-order valence-corrected chi connectivity index (χ1v) is 8.06. The zero-order chi connectivity index (χ0) is 13.8. The predicted molar refractivity (Wildman–Crippen MR) is 82.5 cm³/mol. The highest BCUT2D eigenvalue weighted by Gasteiger charge is 2.20. The fourth-order valence-corrected chi connectivity index (χ4v) is 2.85. The number of rotatable bonds is 7. The molecule has 0 unspecified atom stereocenters. The lowest BCUT2D eigenvalue weighted by Gasteiger charge is -2.17. The van der Waals surface area contributed by atoms with Gasteiger partial charge in [-0.2, -0.15) is 0 Å². The van der Waals surface area contributed by atoms with Gasteiger partial charge in [0.15, 0.2) is 0 Å². The first-order chi connectivity index (χ1) is 9.81. The molecule has 0 radical (unpaired) electrons. The van der Waals surface area contributed by atoms with Gasteiger partial charge in [0.2, 0.25) is 0 Å². The molecule has 3 nitrogen and oxygen atoms in total. The molecule has 0 spiro atoms. The molecular formula is C16H23ClN2O. The fourth-order valence-electron chi connectivity index (χ4n) is 2.66. The Kier molecular flexibility index (Phi) is 4.81. The van der Waals surface area contributed by atoms with Crippen LogP contribution < -0.4 is 10.1 Å². The minimum absolute atomic E-state index is 0.700. The van der Waals surface area contributed by atoms with Crippen molar-refractivity contribution in [3.8, 4) is 5.75 Å². The zero-order valence-electron chi connectivity index (χ0n) is 11.9. The summed E-state index contributed by atoms with van der Waals surface area (Å²) >= 11 is 6.09. The maximum absolute atomic E-state index is 6.09. The molecule has 0 aromatic heterocycles. The molecule has 1 saturated heterocycles. The SMILES string of the molecule is Clc1ccc(OCCN2CCCC2)c(CNC2CC2)c1. The Balaban J connectivity index is 1.52. The van der Waals surface area contributed by atoms with E-state index in [2.05, 4.69) is 10.2 Å². The average molecular weight is 295 g/mol. The molecule has 1 aromatic carbocycles. The number of nitrogens with one attached hydrogen (secondary N) is 1. The highest BCUT2D eigenvalue weighted by molar-refractivity contribution is 6.30. The van der Waals surface area contributed by atoms with Crippen LogP contribution in [0.25, 0.3) is 0 Å². The molecule has 1 heterocycles. The molecule has 4 heteroatoms. The van der Waals surface area contributed by atoms with Gasteiger partial charge in [-0.25, -0.2) is 0 Å². The second-order valence-corrected chi connectivity index (χ2v) is 6.24. The van der Waals surface area contributed by atoms with Crippen LogP contribution in [0.15, 0.2) is 18.2 Å². The van der Waals surface area contributed by atoms with Crippen molar-refractivity contribution in [3.63, 3.8) is 0 Å². The van der Waals surface area contributed by atoms with E-state index in [9.17, 15) is 0 Å². The third-order valence-corrected chi connectivity index (χ3v) is 4.28. The van der Waals surface area contributed by atoms with Crippen LogP contribution in [0, 0.1) is 0 Å². The summed E-state index contributed by atoms with van der Waals surface area (Å²) in [5, 5.41) is 4.30. The number of halogens is 1. The summed E-state index contributed by atoms with van der Waals surface area (Å²) in [6.45, 7) is 5.08. The molecule has 1 aromatic rings. The number of ether oxygens (including phenoxy) is 1. The zero-order valence-corrected chi connectivity index (χ0v) is 12.7. The van der Waals surface area contributed by atoms with Crippen molar-refractivity contribution < 1.29 is 4.74 Å². The quantitative estimate of drug-likeness (QED) is 0.836. The van der Waals surface area contributed by atoms with E-state index < -0.39 is 0 Å². The Morgan fingerprint density at radius 1 is 1.25 bits per heavy atom. The minimum atomic E-state index is 0.700. The summed E-state index contributed by atoms with van der Waals surface area (Å²) in [4.78, 5) is 2.47. The Hall–Kier alpha value is -0.770. The molecule has 20 heavy (non-hydrogen) atoms. The predicted octanol–water partition coefficient (Wildman–Crippen LogP) is 3.07. The number of hydrogen-bond donors (Lipinski definition) is 1. The van der Waals surface area contributed by atoms with Crippen LogP contribution in [0.1, 0.15) is 31.2 Å². The second-order valence-electron chi connectivity index (χ2n) is 5.80. The molecule has 2 aliphatic rings. The van der Waals surface area contributed by atoms with Gasteiger partial charge in [0.05, 0.1) is 0 Å². The molecule has 1 aliphatic carbocycles. The van der Waals surface area contributed by atoms with Gasteiger partial charge in [-0.3, -0.25) is 4.90 Å². The van der Waals surface area contributed by atoms with Crippen molar-refractivity contribution >= 4 is 11.6 Å². The lowest BCUT2D eigenvalue weighted by atomic mass is 10.2. The number of benzene rings is 1. The fraction of sp³-hybridized carbons (Fsp3) is 0.625. The van der Waals surface area contributed by atoms with Gasteiger partial charge >= 0.3 is 0 Å². The number of hydrogen-bond acceptors (Lipinski definition) is 3. The molecule has 1 aliphatic heterocycles. The van der Waals surface area contributed by atoms with Crippen molar-refractivity contribution in [1.29, 1.82) is 0 Å². The van der Waals surface area contributed by atoms with E-state index in [0.717, 1.165) is 30.5 Å². The van der Waals surface area contributed by atoms with E-state index >= 15 is 0 Å². The molecule has 0 atom stereocenters. The third-order valence-electron chi connectivity index (χ3n) is 4.04. The molecule has 0 bridgehead atoms. The lowest BCUT2D eigenvalue weighted by molar-refractivity contribution is 0.236. The maximum atomic E-state index is 6.09. The van der Waals surface area contributed by atoms with Crippen LogP contribution >= 0.6 is 11.6 Å². The van der Waals surface area contributed by atoms with E-state index in [-0.39, 0.29) is 0 Å². The van der Waals surface area contributed by atoms with Crippen molar-refractivity contribution in [2.24, 2.45) is 0 Å². The summed E-state index contributed by atoms with van der Waals surface area (Å²) < 4.78 is 5.97. The largest absolute Gasteiger partial charge is 0.492 e. The first-order valence-electron chi connectivity index (χ1n) is 7.68. The minimum Gasteiger partial charge on any atom is -0.492 e. The van der Waals surface area contributed by atoms with E-state index in [4.69, 9.17) is 16.3 Å². The van der Waals surface area contributed by atoms with E-state index in [1.54, 1.807) is 0 Å². The number of nitrogens with zero attached hydrogens (tertiary/aromatic N) is 1. The molecule has 3 rings (SSSR count). The third kappa shape index (κ3) is 4.11. The van der Waals surface area contributed by atoms with Crippen LogP contribution in [0.2, 0.25) is 5.02 Å². The Morgan fingerprint density at radius 2 is 2.05 bits per heavy atom. The second kappa shape index (κ2) is 6.79. The van der Waals surface area contributed by atoms with Crippen LogP contribution in [0.3, 0.4) is 0 Å². The van der Waals surface area contributed by atoms with Gasteiger partial charge in [-0.1, -0.05) is 11.6 Å². The monoisotopic (exact) mass is 294 g/mol. The van der Waals surface area contributed by atoms with Crippen LogP contribution in [0.5, 0.6) is 5.75 Å². The van der Waals surface area contributed by atoms with Gasteiger partial charge in [-0.15, -0.1) is 0 Å². The van der Waals surface area contributed by atoms with Crippen LogP contribution in [-0.2, 0) is 6.54 Å². The highest BCUT2D eigenvalue weighted by Crippen LogP contribution is 2.25. The van der Waals surface area contributed by atoms with Crippen molar-refractivity contribution in [3.05, 3.63) is 28.8 Å². The highest BCUT2D eigenvalue weighted by atomic mass is 35.5. The summed E-state index contributed by atoms with van der Waals surface area (Å²) in [6, 6.07) is 6.62. The molecule has 1 saturated carbocycles. The summed E-state index contributed by atoms with van der Waals surface area (Å²) in [5.74, 6) is 0.974. The molecular weight excluding hydrogens is 272 g/mol. The van der Waals surface area contributed by atoms with Gasteiger partial charge in [0.25, 0.3) is 0 Å². The van der Waals surface area contributed by atoms with Crippen molar-refractivity contribution in [2.45, 2.75) is 38.3 Å². The van der Waals surface area contributed by atoms with E-state index in [1.807, 2.05) is 18.2 Å². The summed E-state index contributed by atoms with van der Waals surface area (Å²) in [6.07, 6.45) is 5.26. The maximum Gasteiger partial charge on any atom is 0.123 e. The summed E-state index contributed by atoms with van der Waals surface area (Å²) in [7, 11) is 0. The van der Waals surface area contributed by atoms with Crippen molar-refractivity contribution in [1.82, 2.24) is 10.2 Å². The van der Waals surface area contributed by atoms with Gasteiger partial charge in [0.1, 0.15) is 12.4 Å². The van der Waals surface area contributed by atoms with E-state index in [0.29, 0.717) is 6.04 Å². The van der Waals surface area contributed by atoms with Crippen LogP contribution in [-0.4, -0.2) is 37.2 Å². The Labute approximate surface area is 126 Å². The van der Waals surface area contributed by atoms with E-state index in [1.165, 1.54) is 44.3 Å². The number of likely N-dealkylation sites (tertiary alicyclic amines) is 1. The van der Waals surface area contributed by atoms with Gasteiger partial charge in [-0.05, 0) is 57.0 Å². The normalized spacial score (nSPS) is 19.4. The van der Waals surface area contributed by atoms with Crippen molar-refractivity contribution in [2.75, 3.05) is 26.2 Å². The lowest BCUT2D eigenvalue weighted by Crippen LogP contribution is -2.25. The smallest absolute Gasteiger partial charge is 0.123 e. The molecule has 2 fully saturated rings. The molecule has 1 N–H and O–H groups in total. The van der Waals surface area contributed by atoms with Crippen LogP contribution in [0.4, 0.5) is 0 Å². The van der Waals surface area contributed by atoms with Gasteiger partial charge in [0, 0.05) is 29.7 Å². The first kappa shape index (κ1) is 14.2. The molecule has 110 valence electrons. The topological polar surface area (TPSA) is 24.5 Å². The van der Waals surface area contributed by atoms with Gasteiger partial charge < -0.3 is 10.1 Å². The Bertz CT molecular complexity index is 442. The Morgan fingerprint density at radius 3 is 2.80 bits per heavy atom. The summed E-state index contributed by atoms with van der Waals surface area (Å²) in [5.41, 5.74) is 1.17.